The van der Waals surface area contributed by atoms with Crippen LogP contribution >= 0.6 is 0 Å². The van der Waals surface area contributed by atoms with E-state index in [0.29, 0.717) is 11.6 Å². The van der Waals surface area contributed by atoms with Crippen molar-refractivity contribution < 1.29 is 9.50 Å². The number of rotatable bonds is 3. The van der Waals surface area contributed by atoms with E-state index in [1.54, 1.807) is 6.92 Å². The fourth-order valence-electron chi connectivity index (χ4n) is 2.00. The number of pyridine rings is 1. The maximum atomic E-state index is 12.9. The van der Waals surface area contributed by atoms with Crippen LogP contribution in [0.5, 0.6) is 0 Å². The predicted octanol–water partition coefficient (Wildman–Crippen LogP) is 3.60. The largest absolute Gasteiger partial charge is 0.379 e. The van der Waals surface area contributed by atoms with E-state index in [1.165, 1.54) is 17.7 Å². The number of hydrogen-bond donors (Lipinski definition) is 1. The molecule has 2 rings (SSSR count). The monoisotopic (exact) mass is 259 g/mol. The van der Waals surface area contributed by atoms with Crippen molar-refractivity contribution in [2.45, 2.75) is 32.3 Å². The zero-order valence-corrected chi connectivity index (χ0v) is 11.4. The molecule has 0 aliphatic rings. The molecule has 0 saturated heterocycles. The van der Waals surface area contributed by atoms with Gasteiger partial charge in [-0.2, -0.15) is 0 Å². The third kappa shape index (κ3) is 2.82. The van der Waals surface area contributed by atoms with E-state index in [4.69, 9.17) is 0 Å². The highest BCUT2D eigenvalue weighted by Crippen LogP contribution is 2.28. The van der Waals surface area contributed by atoms with Crippen LogP contribution in [0.3, 0.4) is 0 Å². The lowest BCUT2D eigenvalue weighted by Crippen LogP contribution is -2.24. The zero-order valence-electron chi connectivity index (χ0n) is 11.4. The van der Waals surface area contributed by atoms with E-state index >= 15 is 0 Å². The van der Waals surface area contributed by atoms with Crippen LogP contribution in [-0.4, -0.2) is 10.1 Å². The highest BCUT2D eigenvalue weighted by Gasteiger charge is 2.27. The van der Waals surface area contributed by atoms with Gasteiger partial charge in [0.05, 0.1) is 11.9 Å². The summed E-state index contributed by atoms with van der Waals surface area (Å²) >= 11 is 0. The second-order valence-corrected chi connectivity index (χ2v) is 5.21. The molecule has 100 valence electrons. The number of nitrogens with zero attached hydrogens (tertiary/aromatic N) is 1. The van der Waals surface area contributed by atoms with E-state index < -0.39 is 11.4 Å². The first kappa shape index (κ1) is 13.7. The van der Waals surface area contributed by atoms with Crippen LogP contribution in [0.15, 0.2) is 42.6 Å². The Bertz CT molecular complexity index is 544. The second-order valence-electron chi connectivity index (χ2n) is 5.21. The molecule has 1 N–H and O–H groups in total. The Kier molecular flexibility index (Phi) is 3.67. The third-order valence-corrected chi connectivity index (χ3v) is 3.37. The molecule has 1 aromatic carbocycles. The summed E-state index contributed by atoms with van der Waals surface area (Å²) in [6, 6.07) is 10.6. The Balaban J connectivity index is 2.35. The number of hydrogen-bond acceptors (Lipinski definition) is 2. The summed E-state index contributed by atoms with van der Waals surface area (Å²) in [6.07, 6.45) is 1.12. The van der Waals surface area contributed by atoms with Gasteiger partial charge in [-0.3, -0.25) is 4.98 Å². The first-order valence-electron chi connectivity index (χ1n) is 6.36. The van der Waals surface area contributed by atoms with Crippen LogP contribution in [-0.2, 0) is 5.60 Å². The molecule has 1 aromatic heterocycles. The lowest BCUT2D eigenvalue weighted by Gasteiger charge is -2.23. The molecule has 2 nitrogen and oxygen atoms in total. The van der Waals surface area contributed by atoms with Crippen LogP contribution in [0.25, 0.3) is 0 Å². The van der Waals surface area contributed by atoms with Crippen LogP contribution in [0.4, 0.5) is 4.39 Å². The van der Waals surface area contributed by atoms with Crippen LogP contribution in [0.1, 0.15) is 43.5 Å². The summed E-state index contributed by atoms with van der Waals surface area (Å²) in [4.78, 5) is 3.96. The molecule has 0 aliphatic carbocycles. The van der Waals surface area contributed by atoms with Crippen molar-refractivity contribution in [2.75, 3.05) is 0 Å². The number of halogens is 1. The molecular weight excluding hydrogens is 241 g/mol. The van der Waals surface area contributed by atoms with Gasteiger partial charge in [0, 0.05) is 0 Å². The molecule has 0 spiro atoms. The molecule has 0 saturated carbocycles. The van der Waals surface area contributed by atoms with Gasteiger partial charge in [0.25, 0.3) is 0 Å². The van der Waals surface area contributed by atoms with Gasteiger partial charge in [-0.05, 0) is 36.1 Å². The first-order valence-corrected chi connectivity index (χ1v) is 6.36. The first-order chi connectivity index (χ1) is 8.91. The molecule has 1 unspecified atom stereocenters. The van der Waals surface area contributed by atoms with Gasteiger partial charge in [-0.25, -0.2) is 4.39 Å². The standard InChI is InChI=1S/C16H18FNO/c1-11(2)12-4-6-13(7-5-12)16(3,19)15-9-8-14(17)10-18-15/h4-11,19H,1-3H3. The van der Waals surface area contributed by atoms with Gasteiger partial charge < -0.3 is 5.11 Å². The molecule has 0 radical (unpaired) electrons. The number of aliphatic hydroxyl groups is 1. The fourth-order valence-corrected chi connectivity index (χ4v) is 2.00. The molecule has 1 heterocycles. The van der Waals surface area contributed by atoms with E-state index in [0.717, 1.165) is 11.8 Å². The molecule has 0 amide bonds. The van der Waals surface area contributed by atoms with Gasteiger partial charge in [0.15, 0.2) is 0 Å². The van der Waals surface area contributed by atoms with Gasteiger partial charge in [-0.1, -0.05) is 38.1 Å². The molecule has 19 heavy (non-hydrogen) atoms. The summed E-state index contributed by atoms with van der Waals surface area (Å²) < 4.78 is 12.9. The number of aromatic nitrogens is 1. The minimum absolute atomic E-state index is 0.408. The van der Waals surface area contributed by atoms with E-state index in [9.17, 15) is 9.50 Å². The maximum absolute atomic E-state index is 12.9. The van der Waals surface area contributed by atoms with Crippen LogP contribution in [0.2, 0.25) is 0 Å². The Morgan fingerprint density at radius 3 is 2.21 bits per heavy atom. The maximum Gasteiger partial charge on any atom is 0.141 e. The summed E-state index contributed by atoms with van der Waals surface area (Å²) in [5.41, 5.74) is 1.18. The lowest BCUT2D eigenvalue weighted by molar-refractivity contribution is 0.0972. The molecule has 0 bridgehead atoms. The zero-order chi connectivity index (χ0) is 14.0. The lowest BCUT2D eigenvalue weighted by atomic mass is 9.90. The summed E-state index contributed by atoms with van der Waals surface area (Å²) in [6.45, 7) is 5.90. The Morgan fingerprint density at radius 2 is 1.74 bits per heavy atom. The highest BCUT2D eigenvalue weighted by molar-refractivity contribution is 5.34. The van der Waals surface area contributed by atoms with Crippen molar-refractivity contribution >= 4 is 0 Å². The van der Waals surface area contributed by atoms with Crippen molar-refractivity contribution in [3.05, 3.63) is 65.2 Å². The van der Waals surface area contributed by atoms with E-state index in [2.05, 4.69) is 18.8 Å². The Labute approximate surface area is 112 Å². The molecule has 2 aromatic rings. The normalized spacial score (nSPS) is 14.4. The Hall–Kier alpha value is -1.74. The average Bonchev–Trinajstić information content (AvgIpc) is 2.39. The van der Waals surface area contributed by atoms with E-state index in [1.807, 2.05) is 24.3 Å². The third-order valence-electron chi connectivity index (χ3n) is 3.37. The van der Waals surface area contributed by atoms with Gasteiger partial charge in [-0.15, -0.1) is 0 Å². The smallest absolute Gasteiger partial charge is 0.141 e. The highest BCUT2D eigenvalue weighted by atomic mass is 19.1. The fraction of sp³-hybridized carbons (Fsp3) is 0.312. The topological polar surface area (TPSA) is 33.1 Å². The van der Waals surface area contributed by atoms with Crippen molar-refractivity contribution in [3.63, 3.8) is 0 Å². The van der Waals surface area contributed by atoms with Crippen LogP contribution < -0.4 is 0 Å². The average molecular weight is 259 g/mol. The van der Waals surface area contributed by atoms with Gasteiger partial charge in [0.1, 0.15) is 11.4 Å². The van der Waals surface area contributed by atoms with Crippen molar-refractivity contribution in [2.24, 2.45) is 0 Å². The molecule has 1 atom stereocenters. The van der Waals surface area contributed by atoms with Crippen LogP contribution in [0, 0.1) is 5.82 Å². The number of benzene rings is 1. The van der Waals surface area contributed by atoms with Crippen molar-refractivity contribution in [1.29, 1.82) is 0 Å². The molecule has 0 aliphatic heterocycles. The summed E-state index contributed by atoms with van der Waals surface area (Å²) in [5.74, 6) is 0.0395. The minimum Gasteiger partial charge on any atom is -0.379 e. The van der Waals surface area contributed by atoms with Crippen molar-refractivity contribution in [3.8, 4) is 0 Å². The predicted molar refractivity (Wildman–Crippen MR) is 73.4 cm³/mol. The molecular formula is C16H18FNO. The quantitative estimate of drug-likeness (QED) is 0.913. The summed E-state index contributed by atoms with van der Waals surface area (Å²) in [5, 5.41) is 10.6. The van der Waals surface area contributed by atoms with Gasteiger partial charge >= 0.3 is 0 Å². The molecule has 0 fully saturated rings. The Morgan fingerprint density at radius 1 is 1.11 bits per heavy atom. The second kappa shape index (κ2) is 5.10. The SMILES string of the molecule is CC(C)c1ccc(C(C)(O)c2ccc(F)cn2)cc1. The summed E-state index contributed by atoms with van der Waals surface area (Å²) in [7, 11) is 0. The molecule has 3 heteroatoms. The van der Waals surface area contributed by atoms with E-state index in [-0.39, 0.29) is 0 Å². The minimum atomic E-state index is -1.22. The van der Waals surface area contributed by atoms with Crippen molar-refractivity contribution in [1.82, 2.24) is 4.98 Å². The van der Waals surface area contributed by atoms with Gasteiger partial charge in [0.2, 0.25) is 0 Å².